The number of benzene rings is 1. The van der Waals surface area contributed by atoms with Crippen LogP contribution in [0.15, 0.2) is 24.3 Å². The Hall–Kier alpha value is -1.06. The fraction of sp³-hybridized carbons (Fsp3) is 0.647. The van der Waals surface area contributed by atoms with E-state index in [1.165, 1.54) is 38.0 Å². The second kappa shape index (κ2) is 6.15. The lowest BCUT2D eigenvalue weighted by molar-refractivity contribution is 0.241. The maximum atomic E-state index is 5.79. The summed E-state index contributed by atoms with van der Waals surface area (Å²) < 4.78 is 5.79. The van der Waals surface area contributed by atoms with Gasteiger partial charge in [-0.2, -0.15) is 0 Å². The van der Waals surface area contributed by atoms with E-state index in [1.54, 1.807) is 0 Å². The van der Waals surface area contributed by atoms with Crippen molar-refractivity contribution in [2.75, 3.05) is 26.2 Å². The number of piperidine rings is 1. The van der Waals surface area contributed by atoms with Gasteiger partial charge >= 0.3 is 0 Å². The first-order chi connectivity index (χ1) is 9.79. The molecule has 0 bridgehead atoms. The quantitative estimate of drug-likeness (QED) is 0.913. The average Bonchev–Trinajstić information content (AvgIpc) is 2.91. The number of nitrogens with one attached hydrogen (secondary N) is 1. The number of hydrogen-bond acceptors (Lipinski definition) is 3. The van der Waals surface area contributed by atoms with Gasteiger partial charge in [0.05, 0.1) is 6.61 Å². The van der Waals surface area contributed by atoms with Crippen LogP contribution in [0.5, 0.6) is 5.75 Å². The highest BCUT2D eigenvalue weighted by Gasteiger charge is 2.36. The van der Waals surface area contributed by atoms with Crippen molar-refractivity contribution >= 4 is 0 Å². The van der Waals surface area contributed by atoms with Crippen LogP contribution in [0.1, 0.15) is 38.3 Å². The van der Waals surface area contributed by atoms with Gasteiger partial charge in [0, 0.05) is 30.7 Å². The van der Waals surface area contributed by atoms with E-state index < -0.39 is 0 Å². The topological polar surface area (TPSA) is 24.5 Å². The first-order valence-electron chi connectivity index (χ1n) is 7.98. The normalized spacial score (nSPS) is 28.1. The Bertz CT molecular complexity index is 434. The van der Waals surface area contributed by atoms with E-state index in [0.29, 0.717) is 12.1 Å². The summed E-state index contributed by atoms with van der Waals surface area (Å²) in [5.74, 6) is 1.88. The third-order valence-corrected chi connectivity index (χ3v) is 4.84. The second-order valence-electron chi connectivity index (χ2n) is 6.06. The zero-order valence-corrected chi connectivity index (χ0v) is 12.6. The third kappa shape index (κ3) is 2.70. The van der Waals surface area contributed by atoms with E-state index in [9.17, 15) is 0 Å². The van der Waals surface area contributed by atoms with Gasteiger partial charge in [-0.05, 0) is 45.2 Å². The lowest BCUT2D eigenvalue weighted by Gasteiger charge is -2.26. The van der Waals surface area contributed by atoms with Crippen LogP contribution in [0.4, 0.5) is 0 Å². The van der Waals surface area contributed by atoms with Gasteiger partial charge in [-0.15, -0.1) is 0 Å². The molecular weight excluding hydrogens is 248 g/mol. The zero-order valence-electron chi connectivity index (χ0n) is 12.6. The first-order valence-corrected chi connectivity index (χ1v) is 7.98. The number of rotatable bonds is 4. The molecule has 3 heteroatoms. The van der Waals surface area contributed by atoms with Crippen molar-refractivity contribution in [3.05, 3.63) is 29.8 Å². The molecule has 3 atom stereocenters. The van der Waals surface area contributed by atoms with Gasteiger partial charge in [0.15, 0.2) is 0 Å². The van der Waals surface area contributed by atoms with Crippen LogP contribution in [0.2, 0.25) is 0 Å². The van der Waals surface area contributed by atoms with Gasteiger partial charge in [-0.3, -0.25) is 4.90 Å². The van der Waals surface area contributed by atoms with Gasteiger partial charge in [0.2, 0.25) is 0 Å². The largest absolute Gasteiger partial charge is 0.494 e. The molecular formula is C17H26N2O. The van der Waals surface area contributed by atoms with Crippen LogP contribution < -0.4 is 10.1 Å². The number of nitrogens with zero attached hydrogens (tertiary/aromatic N) is 1. The molecule has 0 aliphatic carbocycles. The first kappa shape index (κ1) is 13.9. The Balaban J connectivity index is 1.74. The predicted octanol–water partition coefficient (Wildman–Crippen LogP) is 2.83. The maximum absolute atomic E-state index is 5.79. The molecule has 2 heterocycles. The summed E-state index contributed by atoms with van der Waals surface area (Å²) in [6.45, 7) is 8.69. The van der Waals surface area contributed by atoms with Crippen molar-refractivity contribution in [2.45, 2.75) is 38.8 Å². The molecule has 20 heavy (non-hydrogen) atoms. The standard InChI is InChI=1S/C17H26N2O/c1-3-20-17-9-5-4-8-15(17)13(2)19-11-14-7-6-10-18-16(14)12-19/h4-5,8-9,13-14,16,18H,3,6-7,10-12H2,1-2H3/t13?,14-,16+/m0/s1. The molecule has 2 fully saturated rings. The van der Waals surface area contributed by atoms with Crippen molar-refractivity contribution in [3.8, 4) is 5.75 Å². The van der Waals surface area contributed by atoms with Crippen LogP contribution in [0.3, 0.4) is 0 Å². The van der Waals surface area contributed by atoms with Crippen molar-refractivity contribution < 1.29 is 4.74 Å². The fourth-order valence-electron chi connectivity index (χ4n) is 3.71. The van der Waals surface area contributed by atoms with Crippen LogP contribution in [-0.2, 0) is 0 Å². The number of fused-ring (bicyclic) bond motifs is 1. The molecule has 0 spiro atoms. The van der Waals surface area contributed by atoms with Gasteiger partial charge in [0.25, 0.3) is 0 Å². The lowest BCUT2D eigenvalue weighted by Crippen LogP contribution is -2.40. The highest BCUT2D eigenvalue weighted by atomic mass is 16.5. The Labute approximate surface area is 122 Å². The van der Waals surface area contributed by atoms with E-state index >= 15 is 0 Å². The predicted molar refractivity (Wildman–Crippen MR) is 82.1 cm³/mol. The molecule has 0 saturated carbocycles. The summed E-state index contributed by atoms with van der Waals surface area (Å²) >= 11 is 0. The molecule has 1 unspecified atom stereocenters. The van der Waals surface area contributed by atoms with Crippen molar-refractivity contribution in [1.82, 2.24) is 10.2 Å². The molecule has 1 aromatic carbocycles. The summed E-state index contributed by atoms with van der Waals surface area (Å²) in [5.41, 5.74) is 1.33. The van der Waals surface area contributed by atoms with E-state index in [-0.39, 0.29) is 0 Å². The van der Waals surface area contributed by atoms with Gasteiger partial charge in [0.1, 0.15) is 5.75 Å². The fourth-order valence-corrected chi connectivity index (χ4v) is 3.71. The van der Waals surface area contributed by atoms with E-state index in [4.69, 9.17) is 4.74 Å². The van der Waals surface area contributed by atoms with E-state index in [1.807, 2.05) is 0 Å². The molecule has 3 rings (SSSR count). The molecule has 2 aliphatic rings. The van der Waals surface area contributed by atoms with E-state index in [0.717, 1.165) is 18.3 Å². The molecule has 2 saturated heterocycles. The molecule has 3 nitrogen and oxygen atoms in total. The zero-order chi connectivity index (χ0) is 13.9. The smallest absolute Gasteiger partial charge is 0.124 e. The number of hydrogen-bond donors (Lipinski definition) is 1. The Morgan fingerprint density at radius 1 is 1.35 bits per heavy atom. The number of ether oxygens (including phenoxy) is 1. The van der Waals surface area contributed by atoms with Crippen LogP contribution in [0, 0.1) is 5.92 Å². The van der Waals surface area contributed by atoms with Gasteiger partial charge in [-0.1, -0.05) is 18.2 Å². The molecule has 1 aromatic rings. The average molecular weight is 274 g/mol. The summed E-state index contributed by atoms with van der Waals surface area (Å²) in [7, 11) is 0. The van der Waals surface area contributed by atoms with E-state index in [2.05, 4.69) is 48.3 Å². The summed E-state index contributed by atoms with van der Waals surface area (Å²) in [6.07, 6.45) is 2.72. The maximum Gasteiger partial charge on any atom is 0.124 e. The summed E-state index contributed by atoms with van der Waals surface area (Å²) in [5, 5.41) is 3.68. The van der Waals surface area contributed by atoms with Gasteiger partial charge < -0.3 is 10.1 Å². The minimum absolute atomic E-state index is 0.435. The number of likely N-dealkylation sites (tertiary alicyclic amines) is 1. The Morgan fingerprint density at radius 3 is 3.00 bits per heavy atom. The van der Waals surface area contributed by atoms with Crippen molar-refractivity contribution in [2.24, 2.45) is 5.92 Å². The van der Waals surface area contributed by atoms with Crippen LogP contribution in [0.25, 0.3) is 0 Å². The molecule has 0 aromatic heterocycles. The minimum atomic E-state index is 0.435. The highest BCUT2D eigenvalue weighted by molar-refractivity contribution is 5.35. The molecule has 110 valence electrons. The minimum Gasteiger partial charge on any atom is -0.494 e. The number of para-hydroxylation sites is 1. The van der Waals surface area contributed by atoms with Gasteiger partial charge in [-0.25, -0.2) is 0 Å². The second-order valence-corrected chi connectivity index (χ2v) is 6.06. The SMILES string of the molecule is CCOc1ccccc1C(C)N1C[C@@H]2CCCN[C@@H]2C1. The third-order valence-electron chi connectivity index (χ3n) is 4.84. The van der Waals surface area contributed by atoms with Crippen LogP contribution in [-0.4, -0.2) is 37.2 Å². The summed E-state index contributed by atoms with van der Waals surface area (Å²) in [4.78, 5) is 2.62. The highest BCUT2D eigenvalue weighted by Crippen LogP contribution is 2.34. The van der Waals surface area contributed by atoms with Crippen LogP contribution >= 0.6 is 0 Å². The molecule has 2 aliphatic heterocycles. The Morgan fingerprint density at radius 2 is 2.20 bits per heavy atom. The Kier molecular flexibility index (Phi) is 4.27. The molecule has 0 amide bonds. The van der Waals surface area contributed by atoms with Crippen molar-refractivity contribution in [3.63, 3.8) is 0 Å². The van der Waals surface area contributed by atoms with Crippen molar-refractivity contribution in [1.29, 1.82) is 0 Å². The molecule has 0 radical (unpaired) electrons. The lowest BCUT2D eigenvalue weighted by atomic mass is 9.94. The monoisotopic (exact) mass is 274 g/mol. The summed E-state index contributed by atoms with van der Waals surface area (Å²) in [6, 6.07) is 9.62. The molecule has 1 N–H and O–H groups in total.